The minimum atomic E-state index is -1.01. The van der Waals surface area contributed by atoms with Gasteiger partial charge < -0.3 is 25.8 Å². The summed E-state index contributed by atoms with van der Waals surface area (Å²) in [6.45, 7) is 2.53. The number of aliphatic carboxylic acids is 1. The predicted molar refractivity (Wildman–Crippen MR) is 65.3 cm³/mol. The Morgan fingerprint density at radius 3 is 2.56 bits per heavy atom. The van der Waals surface area contributed by atoms with Crippen LogP contribution < -0.4 is 11.1 Å². The fourth-order valence-corrected chi connectivity index (χ4v) is 1.76. The summed E-state index contributed by atoms with van der Waals surface area (Å²) in [6.07, 6.45) is 1.86. The molecular weight excluding hydrogens is 238 g/mol. The molecule has 7 nitrogen and oxygen atoms in total. The Morgan fingerprint density at radius 1 is 1.33 bits per heavy atom. The third-order valence-electron chi connectivity index (χ3n) is 2.84. The van der Waals surface area contributed by atoms with Crippen LogP contribution >= 0.6 is 0 Å². The molecule has 4 N–H and O–H groups in total. The molecule has 0 aliphatic carbocycles. The van der Waals surface area contributed by atoms with E-state index in [0.717, 1.165) is 6.42 Å². The van der Waals surface area contributed by atoms with E-state index in [1.54, 1.807) is 4.90 Å². The smallest absolute Gasteiger partial charge is 0.326 e. The van der Waals surface area contributed by atoms with Crippen LogP contribution in [0.4, 0.5) is 4.79 Å². The third kappa shape index (κ3) is 4.89. The van der Waals surface area contributed by atoms with Crippen LogP contribution in [0, 0.1) is 0 Å². The van der Waals surface area contributed by atoms with Gasteiger partial charge in [-0.3, -0.25) is 0 Å². The maximum atomic E-state index is 11.8. The second-order valence-corrected chi connectivity index (χ2v) is 4.22. The molecule has 1 heterocycles. The zero-order valence-corrected chi connectivity index (χ0v) is 10.4. The van der Waals surface area contributed by atoms with Gasteiger partial charge in [-0.2, -0.15) is 0 Å². The zero-order chi connectivity index (χ0) is 13.4. The summed E-state index contributed by atoms with van der Waals surface area (Å²) in [6, 6.07) is -1.18. The molecule has 0 aromatic heterocycles. The van der Waals surface area contributed by atoms with Crippen molar-refractivity contribution in [1.82, 2.24) is 10.2 Å². The first-order valence-corrected chi connectivity index (χ1v) is 6.21. The average molecular weight is 259 g/mol. The van der Waals surface area contributed by atoms with Gasteiger partial charge in [-0.25, -0.2) is 9.59 Å². The van der Waals surface area contributed by atoms with Crippen LogP contribution in [0.2, 0.25) is 0 Å². The molecule has 1 unspecified atom stereocenters. The number of carbonyl (C=O) groups is 2. The zero-order valence-electron chi connectivity index (χ0n) is 10.4. The summed E-state index contributed by atoms with van der Waals surface area (Å²) in [7, 11) is 0. The molecule has 0 aromatic carbocycles. The van der Waals surface area contributed by atoms with Gasteiger partial charge in [0.1, 0.15) is 6.04 Å². The van der Waals surface area contributed by atoms with E-state index in [9.17, 15) is 9.59 Å². The number of hydrogen-bond acceptors (Lipinski definition) is 4. The highest BCUT2D eigenvalue weighted by molar-refractivity contribution is 5.82. The molecule has 18 heavy (non-hydrogen) atoms. The number of hydrogen-bond donors (Lipinski definition) is 3. The first-order valence-electron chi connectivity index (χ1n) is 6.21. The molecule has 1 rings (SSSR count). The van der Waals surface area contributed by atoms with Crippen LogP contribution in [0.15, 0.2) is 0 Å². The van der Waals surface area contributed by atoms with Crippen molar-refractivity contribution in [1.29, 1.82) is 0 Å². The number of nitrogens with two attached hydrogens (primary N) is 1. The number of unbranched alkanes of at least 4 members (excludes halogenated alkanes) is 1. The van der Waals surface area contributed by atoms with Crippen molar-refractivity contribution in [3.8, 4) is 0 Å². The highest BCUT2D eigenvalue weighted by Crippen LogP contribution is 2.03. The van der Waals surface area contributed by atoms with Gasteiger partial charge in [-0.1, -0.05) is 0 Å². The number of carboxylic acid groups (broad SMARTS) is 1. The molecule has 0 spiro atoms. The second-order valence-electron chi connectivity index (χ2n) is 4.22. The highest BCUT2D eigenvalue weighted by Gasteiger charge is 2.23. The van der Waals surface area contributed by atoms with Crippen molar-refractivity contribution < 1.29 is 19.4 Å². The summed E-state index contributed by atoms with van der Waals surface area (Å²) in [5, 5.41) is 11.6. The molecule has 104 valence electrons. The van der Waals surface area contributed by atoms with Gasteiger partial charge in [0.05, 0.1) is 13.2 Å². The van der Waals surface area contributed by atoms with Gasteiger partial charge in [-0.15, -0.1) is 0 Å². The van der Waals surface area contributed by atoms with Crippen molar-refractivity contribution in [2.24, 2.45) is 5.73 Å². The van der Waals surface area contributed by atoms with Crippen LogP contribution in [0.25, 0.3) is 0 Å². The molecular formula is C11H21N3O4. The van der Waals surface area contributed by atoms with Crippen molar-refractivity contribution in [2.75, 3.05) is 32.8 Å². The van der Waals surface area contributed by atoms with Crippen molar-refractivity contribution in [2.45, 2.75) is 25.3 Å². The Morgan fingerprint density at radius 2 is 2.00 bits per heavy atom. The number of carbonyl (C=O) groups excluding carboxylic acids is 1. The summed E-state index contributed by atoms with van der Waals surface area (Å²) in [5.41, 5.74) is 5.35. The predicted octanol–water partition coefficient (Wildman–Crippen LogP) is -0.390. The molecule has 1 atom stereocenters. The number of amides is 2. The topological polar surface area (TPSA) is 105 Å². The number of rotatable bonds is 6. The first-order chi connectivity index (χ1) is 8.65. The molecule has 1 fully saturated rings. The lowest BCUT2D eigenvalue weighted by molar-refractivity contribution is -0.139. The Balaban J connectivity index is 2.38. The minimum absolute atomic E-state index is 0.335. The standard InChI is InChI=1S/C11H21N3O4/c12-4-2-1-3-9(10(15)16)13-11(17)14-5-7-18-8-6-14/h9H,1-8,12H2,(H,13,17)(H,15,16). The second kappa shape index (κ2) is 7.88. The lowest BCUT2D eigenvalue weighted by Gasteiger charge is -2.28. The maximum Gasteiger partial charge on any atom is 0.326 e. The molecule has 0 bridgehead atoms. The number of carboxylic acids is 1. The molecule has 2 amide bonds. The van der Waals surface area contributed by atoms with Crippen LogP contribution in [-0.2, 0) is 9.53 Å². The van der Waals surface area contributed by atoms with E-state index in [-0.39, 0.29) is 6.03 Å². The van der Waals surface area contributed by atoms with E-state index >= 15 is 0 Å². The largest absolute Gasteiger partial charge is 0.480 e. The molecule has 1 aliphatic heterocycles. The Hall–Kier alpha value is -1.34. The molecule has 1 aliphatic rings. The Labute approximate surface area is 106 Å². The van der Waals surface area contributed by atoms with Gasteiger partial charge in [0.25, 0.3) is 0 Å². The van der Waals surface area contributed by atoms with Crippen molar-refractivity contribution >= 4 is 12.0 Å². The monoisotopic (exact) mass is 259 g/mol. The van der Waals surface area contributed by atoms with Crippen LogP contribution in [-0.4, -0.2) is 60.9 Å². The maximum absolute atomic E-state index is 11.8. The minimum Gasteiger partial charge on any atom is -0.480 e. The van der Waals surface area contributed by atoms with E-state index in [4.69, 9.17) is 15.6 Å². The molecule has 0 radical (unpaired) electrons. The van der Waals surface area contributed by atoms with E-state index < -0.39 is 12.0 Å². The number of nitrogens with one attached hydrogen (secondary N) is 1. The van der Waals surface area contributed by atoms with E-state index in [0.29, 0.717) is 45.7 Å². The lowest BCUT2D eigenvalue weighted by Crippen LogP contribution is -2.51. The fraction of sp³-hybridized carbons (Fsp3) is 0.818. The molecule has 0 saturated carbocycles. The van der Waals surface area contributed by atoms with Crippen LogP contribution in [0.1, 0.15) is 19.3 Å². The Bertz CT molecular complexity index is 279. The SMILES string of the molecule is NCCCCC(NC(=O)N1CCOCC1)C(=O)O. The molecule has 7 heteroatoms. The summed E-state index contributed by atoms with van der Waals surface area (Å²) in [5.74, 6) is -1.01. The summed E-state index contributed by atoms with van der Waals surface area (Å²) in [4.78, 5) is 24.4. The molecule has 0 aromatic rings. The van der Waals surface area contributed by atoms with Gasteiger partial charge >= 0.3 is 12.0 Å². The first kappa shape index (κ1) is 14.7. The van der Waals surface area contributed by atoms with Gasteiger partial charge in [-0.05, 0) is 25.8 Å². The van der Waals surface area contributed by atoms with Crippen molar-refractivity contribution in [3.05, 3.63) is 0 Å². The fourth-order valence-electron chi connectivity index (χ4n) is 1.76. The van der Waals surface area contributed by atoms with Gasteiger partial charge in [0.15, 0.2) is 0 Å². The quantitative estimate of drug-likeness (QED) is 0.563. The van der Waals surface area contributed by atoms with E-state index in [2.05, 4.69) is 5.32 Å². The number of urea groups is 1. The average Bonchev–Trinajstić information content (AvgIpc) is 2.38. The third-order valence-corrected chi connectivity index (χ3v) is 2.84. The Kier molecular flexibility index (Phi) is 6.45. The normalized spacial score (nSPS) is 17.3. The van der Waals surface area contributed by atoms with Gasteiger partial charge in [0, 0.05) is 13.1 Å². The van der Waals surface area contributed by atoms with E-state index in [1.807, 2.05) is 0 Å². The van der Waals surface area contributed by atoms with Crippen LogP contribution in [0.3, 0.4) is 0 Å². The lowest BCUT2D eigenvalue weighted by atomic mass is 10.1. The summed E-state index contributed by atoms with van der Waals surface area (Å²) < 4.78 is 5.13. The van der Waals surface area contributed by atoms with Crippen LogP contribution in [0.5, 0.6) is 0 Å². The molecule has 1 saturated heterocycles. The number of nitrogens with zero attached hydrogens (tertiary/aromatic N) is 1. The van der Waals surface area contributed by atoms with Crippen molar-refractivity contribution in [3.63, 3.8) is 0 Å². The van der Waals surface area contributed by atoms with Gasteiger partial charge in [0.2, 0.25) is 0 Å². The highest BCUT2D eigenvalue weighted by atomic mass is 16.5. The number of morpholine rings is 1. The van der Waals surface area contributed by atoms with E-state index in [1.165, 1.54) is 0 Å². The summed E-state index contributed by atoms with van der Waals surface area (Å²) >= 11 is 0. The number of ether oxygens (including phenoxy) is 1.